The molecule has 2 aliphatic carbocycles. The van der Waals surface area contributed by atoms with E-state index in [4.69, 9.17) is 0 Å². The molecule has 12 heavy (non-hydrogen) atoms. The van der Waals surface area contributed by atoms with Crippen molar-refractivity contribution in [2.75, 3.05) is 0 Å². The summed E-state index contributed by atoms with van der Waals surface area (Å²) in [4.78, 5) is 0. The molecule has 0 aromatic carbocycles. The van der Waals surface area contributed by atoms with Crippen molar-refractivity contribution in [3.8, 4) is 0 Å². The van der Waals surface area contributed by atoms with Gasteiger partial charge in [0.1, 0.15) is 0 Å². The van der Waals surface area contributed by atoms with Crippen molar-refractivity contribution >= 4 is 0 Å². The topological polar surface area (TPSA) is 40.5 Å². The van der Waals surface area contributed by atoms with Crippen molar-refractivity contribution < 1.29 is 10.2 Å². The average molecular weight is 170 g/mol. The molecule has 0 spiro atoms. The number of fused-ring (bicyclic) bond motifs is 1. The molecule has 2 rings (SSSR count). The lowest BCUT2D eigenvalue weighted by atomic mass is 9.64. The molecule has 0 aromatic rings. The van der Waals surface area contributed by atoms with Gasteiger partial charge in [0.25, 0.3) is 0 Å². The van der Waals surface area contributed by atoms with Gasteiger partial charge in [-0.1, -0.05) is 6.92 Å². The molecular weight excluding hydrogens is 152 g/mol. The normalized spacial score (nSPS) is 53.8. The molecule has 70 valence electrons. The second-order valence-corrected chi connectivity index (χ2v) is 4.71. The van der Waals surface area contributed by atoms with Crippen LogP contribution in [0.5, 0.6) is 0 Å². The van der Waals surface area contributed by atoms with Crippen molar-refractivity contribution in [2.24, 2.45) is 5.41 Å². The van der Waals surface area contributed by atoms with Crippen LogP contribution in [0.1, 0.15) is 45.4 Å². The van der Waals surface area contributed by atoms with Crippen molar-refractivity contribution in [3.63, 3.8) is 0 Å². The summed E-state index contributed by atoms with van der Waals surface area (Å²) in [5, 5.41) is 20.1. The fourth-order valence-electron chi connectivity index (χ4n) is 3.06. The monoisotopic (exact) mass is 170 g/mol. The van der Waals surface area contributed by atoms with Gasteiger partial charge in [-0.2, -0.15) is 0 Å². The standard InChI is InChI=1S/C10H18O2/c1-9-5-3-7-10(9,12)6-2-4-8(9)11/h8,11-12H,2-7H2,1H3/t8?,9-,10+/m1/s1. The van der Waals surface area contributed by atoms with E-state index in [0.29, 0.717) is 0 Å². The van der Waals surface area contributed by atoms with Gasteiger partial charge in [-0.3, -0.25) is 0 Å². The summed E-state index contributed by atoms with van der Waals surface area (Å²) < 4.78 is 0. The fraction of sp³-hybridized carbons (Fsp3) is 1.00. The minimum absolute atomic E-state index is 0.203. The highest BCUT2D eigenvalue weighted by molar-refractivity contribution is 5.07. The highest BCUT2D eigenvalue weighted by Gasteiger charge is 2.56. The molecule has 2 nitrogen and oxygen atoms in total. The van der Waals surface area contributed by atoms with E-state index in [1.807, 2.05) is 6.92 Å². The lowest BCUT2D eigenvalue weighted by Gasteiger charge is -2.47. The first-order valence-electron chi connectivity index (χ1n) is 4.99. The van der Waals surface area contributed by atoms with Crippen LogP contribution in [0.25, 0.3) is 0 Å². The van der Waals surface area contributed by atoms with Crippen LogP contribution in [-0.2, 0) is 0 Å². The van der Waals surface area contributed by atoms with E-state index in [1.54, 1.807) is 0 Å². The van der Waals surface area contributed by atoms with Crippen LogP contribution in [0.15, 0.2) is 0 Å². The molecule has 0 aliphatic heterocycles. The SMILES string of the molecule is C[C@]12CCC[C@@]1(O)CCCC2O. The molecule has 0 aromatic heterocycles. The molecule has 2 heteroatoms. The molecular formula is C10H18O2. The minimum Gasteiger partial charge on any atom is -0.392 e. The van der Waals surface area contributed by atoms with E-state index in [1.165, 1.54) is 0 Å². The van der Waals surface area contributed by atoms with Crippen molar-refractivity contribution in [2.45, 2.75) is 57.2 Å². The predicted octanol–water partition coefficient (Wildman–Crippen LogP) is 1.45. The first kappa shape index (κ1) is 8.52. The maximum absolute atomic E-state index is 10.3. The third kappa shape index (κ3) is 0.882. The minimum atomic E-state index is -0.551. The Bertz CT molecular complexity index is 192. The summed E-state index contributed by atoms with van der Waals surface area (Å²) in [7, 11) is 0. The van der Waals surface area contributed by atoms with Gasteiger partial charge in [0.15, 0.2) is 0 Å². The lowest BCUT2D eigenvalue weighted by Crippen LogP contribution is -2.52. The van der Waals surface area contributed by atoms with Gasteiger partial charge in [0, 0.05) is 5.41 Å². The Morgan fingerprint density at radius 3 is 2.50 bits per heavy atom. The number of aliphatic hydroxyl groups is 2. The largest absolute Gasteiger partial charge is 0.392 e. The number of aliphatic hydroxyl groups excluding tert-OH is 1. The molecule has 2 fully saturated rings. The molecule has 0 amide bonds. The number of rotatable bonds is 0. The summed E-state index contributed by atoms with van der Waals surface area (Å²) in [6.07, 6.45) is 5.42. The second-order valence-electron chi connectivity index (χ2n) is 4.71. The Hall–Kier alpha value is -0.0800. The Morgan fingerprint density at radius 2 is 1.83 bits per heavy atom. The third-order valence-corrected chi connectivity index (χ3v) is 4.15. The van der Waals surface area contributed by atoms with Crippen LogP contribution in [-0.4, -0.2) is 21.9 Å². The Balaban J connectivity index is 2.30. The Labute approximate surface area is 73.6 Å². The zero-order valence-electron chi connectivity index (χ0n) is 7.71. The number of hydrogen-bond acceptors (Lipinski definition) is 2. The van der Waals surface area contributed by atoms with Gasteiger partial charge in [-0.05, 0) is 38.5 Å². The van der Waals surface area contributed by atoms with Gasteiger partial charge >= 0.3 is 0 Å². The Morgan fingerprint density at radius 1 is 1.17 bits per heavy atom. The van der Waals surface area contributed by atoms with Crippen LogP contribution in [0, 0.1) is 5.41 Å². The molecule has 2 aliphatic rings. The molecule has 0 saturated heterocycles. The van der Waals surface area contributed by atoms with E-state index in [0.717, 1.165) is 38.5 Å². The highest BCUT2D eigenvalue weighted by Crippen LogP contribution is 2.54. The highest BCUT2D eigenvalue weighted by atomic mass is 16.3. The fourth-order valence-corrected chi connectivity index (χ4v) is 3.06. The Kier molecular flexibility index (Phi) is 1.74. The first-order chi connectivity index (χ1) is 5.58. The average Bonchev–Trinajstić information content (AvgIpc) is 2.30. The molecule has 2 N–H and O–H groups in total. The van der Waals surface area contributed by atoms with E-state index >= 15 is 0 Å². The smallest absolute Gasteiger partial charge is 0.0725 e. The summed E-state index contributed by atoms with van der Waals surface area (Å²) in [6, 6.07) is 0. The van der Waals surface area contributed by atoms with Crippen molar-refractivity contribution in [1.82, 2.24) is 0 Å². The zero-order valence-corrected chi connectivity index (χ0v) is 7.71. The maximum Gasteiger partial charge on any atom is 0.0725 e. The summed E-state index contributed by atoms with van der Waals surface area (Å²) in [5.41, 5.74) is -0.754. The number of hydrogen-bond donors (Lipinski definition) is 2. The van der Waals surface area contributed by atoms with Crippen molar-refractivity contribution in [1.29, 1.82) is 0 Å². The molecule has 1 unspecified atom stereocenters. The predicted molar refractivity (Wildman–Crippen MR) is 46.8 cm³/mol. The van der Waals surface area contributed by atoms with Crippen LogP contribution in [0.4, 0.5) is 0 Å². The van der Waals surface area contributed by atoms with E-state index in [-0.39, 0.29) is 11.5 Å². The lowest BCUT2D eigenvalue weighted by molar-refractivity contribution is -0.143. The molecule has 0 radical (unpaired) electrons. The molecule has 0 heterocycles. The van der Waals surface area contributed by atoms with Gasteiger partial charge < -0.3 is 10.2 Å². The molecule has 2 saturated carbocycles. The van der Waals surface area contributed by atoms with Gasteiger partial charge in [-0.25, -0.2) is 0 Å². The quantitative estimate of drug-likeness (QED) is 0.577. The summed E-state index contributed by atoms with van der Waals surface area (Å²) in [6.45, 7) is 2.05. The van der Waals surface area contributed by atoms with E-state index in [9.17, 15) is 10.2 Å². The zero-order chi connectivity index (χ0) is 8.82. The van der Waals surface area contributed by atoms with Gasteiger partial charge in [-0.15, -0.1) is 0 Å². The van der Waals surface area contributed by atoms with E-state index < -0.39 is 5.60 Å². The van der Waals surface area contributed by atoms with Crippen LogP contribution >= 0.6 is 0 Å². The summed E-state index contributed by atoms with van der Waals surface area (Å²) in [5.74, 6) is 0. The van der Waals surface area contributed by atoms with Gasteiger partial charge in [0.05, 0.1) is 11.7 Å². The molecule has 3 atom stereocenters. The third-order valence-electron chi connectivity index (χ3n) is 4.15. The van der Waals surface area contributed by atoms with Crippen LogP contribution in [0.3, 0.4) is 0 Å². The van der Waals surface area contributed by atoms with Crippen LogP contribution in [0.2, 0.25) is 0 Å². The first-order valence-corrected chi connectivity index (χ1v) is 4.99. The van der Waals surface area contributed by atoms with E-state index in [2.05, 4.69) is 0 Å². The van der Waals surface area contributed by atoms with Crippen molar-refractivity contribution in [3.05, 3.63) is 0 Å². The van der Waals surface area contributed by atoms with Crippen LogP contribution < -0.4 is 0 Å². The van der Waals surface area contributed by atoms with Gasteiger partial charge in [0.2, 0.25) is 0 Å². The second kappa shape index (κ2) is 2.46. The summed E-state index contributed by atoms with van der Waals surface area (Å²) >= 11 is 0. The molecule has 0 bridgehead atoms. The maximum atomic E-state index is 10.3.